The number of nitrogens with one attached hydrogen (secondary N) is 1. The van der Waals surface area contributed by atoms with E-state index in [1.54, 1.807) is 0 Å². The van der Waals surface area contributed by atoms with Crippen molar-refractivity contribution in [3.05, 3.63) is 81.8 Å². The van der Waals surface area contributed by atoms with E-state index in [1.807, 2.05) is 78.5 Å². The molecule has 0 aliphatic rings. The molecule has 2 aromatic carbocycles. The molecule has 2 heterocycles. The molecule has 0 radical (unpaired) electrons. The Kier molecular flexibility index (Phi) is 4.92. The molecule has 0 aliphatic carbocycles. The first-order valence-corrected chi connectivity index (χ1v) is 9.83. The van der Waals surface area contributed by atoms with Crippen molar-refractivity contribution in [3.8, 4) is 0 Å². The number of carbonyl (C=O) groups is 1. The van der Waals surface area contributed by atoms with Crippen molar-refractivity contribution in [2.45, 2.75) is 39.8 Å². The first-order valence-electron chi connectivity index (χ1n) is 9.83. The first-order chi connectivity index (χ1) is 14.0. The van der Waals surface area contributed by atoms with E-state index >= 15 is 0 Å². The zero-order valence-corrected chi connectivity index (χ0v) is 16.8. The molecular weight excluding hydrogens is 364 g/mol. The standard InChI is InChI=1S/C23H24N4O2/c1-4-19(23(29)24-14-17-10-6-5-9-15(17)2)27-20-12-8-7-11-18(20)22-25-21(28)13-16(3)26(22)27/h5-13,19H,4,14H2,1-3H3,(H,24,29)/t19-/m1/s1. The summed E-state index contributed by atoms with van der Waals surface area (Å²) in [4.78, 5) is 29.4. The Morgan fingerprint density at radius 1 is 1.10 bits per heavy atom. The van der Waals surface area contributed by atoms with Gasteiger partial charge in [-0.1, -0.05) is 43.3 Å². The second kappa shape index (κ2) is 7.54. The van der Waals surface area contributed by atoms with Crippen LogP contribution in [0.4, 0.5) is 0 Å². The van der Waals surface area contributed by atoms with Crippen molar-refractivity contribution in [1.82, 2.24) is 19.5 Å². The largest absolute Gasteiger partial charge is 0.350 e. The van der Waals surface area contributed by atoms with Crippen LogP contribution in [0.2, 0.25) is 0 Å². The lowest BCUT2D eigenvalue weighted by Gasteiger charge is -2.21. The van der Waals surface area contributed by atoms with Crippen molar-refractivity contribution in [2.24, 2.45) is 0 Å². The van der Waals surface area contributed by atoms with Gasteiger partial charge in [-0.15, -0.1) is 0 Å². The smallest absolute Gasteiger partial charge is 0.273 e. The van der Waals surface area contributed by atoms with Gasteiger partial charge < -0.3 is 5.32 Å². The van der Waals surface area contributed by atoms with E-state index in [4.69, 9.17) is 0 Å². The number of hydrogen-bond acceptors (Lipinski definition) is 3. The highest BCUT2D eigenvalue weighted by Gasteiger charge is 2.24. The average Bonchev–Trinajstić information content (AvgIpc) is 3.03. The summed E-state index contributed by atoms with van der Waals surface area (Å²) in [6, 6.07) is 16.9. The molecule has 6 nitrogen and oxygen atoms in total. The molecule has 0 fully saturated rings. The summed E-state index contributed by atoms with van der Waals surface area (Å²) in [5, 5.41) is 3.94. The molecule has 0 aliphatic heterocycles. The lowest BCUT2D eigenvalue weighted by molar-refractivity contribution is -0.124. The van der Waals surface area contributed by atoms with Crippen LogP contribution in [-0.4, -0.2) is 20.1 Å². The van der Waals surface area contributed by atoms with E-state index in [0.717, 1.165) is 27.7 Å². The van der Waals surface area contributed by atoms with Gasteiger partial charge in [0.05, 0.1) is 5.52 Å². The third-order valence-electron chi connectivity index (χ3n) is 5.39. The molecule has 6 heteroatoms. The summed E-state index contributed by atoms with van der Waals surface area (Å²) in [5.74, 6) is -0.0588. The van der Waals surface area contributed by atoms with E-state index < -0.39 is 6.04 Å². The van der Waals surface area contributed by atoms with Crippen molar-refractivity contribution in [1.29, 1.82) is 0 Å². The van der Waals surface area contributed by atoms with E-state index in [1.165, 1.54) is 6.07 Å². The molecule has 0 saturated carbocycles. The number of para-hydroxylation sites is 1. The third kappa shape index (κ3) is 3.31. The van der Waals surface area contributed by atoms with Gasteiger partial charge in [0.15, 0.2) is 5.65 Å². The minimum absolute atomic E-state index is 0.0588. The summed E-state index contributed by atoms with van der Waals surface area (Å²) in [5.41, 5.74) is 4.18. The number of aromatic nitrogens is 3. The molecule has 148 valence electrons. The Balaban J connectivity index is 1.79. The fraction of sp³-hybridized carbons (Fsp3) is 0.261. The van der Waals surface area contributed by atoms with Crippen molar-refractivity contribution in [3.63, 3.8) is 0 Å². The van der Waals surface area contributed by atoms with Crippen LogP contribution < -0.4 is 10.9 Å². The number of benzene rings is 2. The highest BCUT2D eigenvalue weighted by Crippen LogP contribution is 2.26. The highest BCUT2D eigenvalue weighted by atomic mass is 16.2. The van der Waals surface area contributed by atoms with Crippen LogP contribution in [0.5, 0.6) is 0 Å². The van der Waals surface area contributed by atoms with Gasteiger partial charge in [-0.25, -0.2) is 4.52 Å². The van der Waals surface area contributed by atoms with Crippen LogP contribution in [0.1, 0.15) is 36.2 Å². The second-order valence-electron chi connectivity index (χ2n) is 7.30. The topological polar surface area (TPSA) is 68.4 Å². The maximum Gasteiger partial charge on any atom is 0.273 e. The minimum Gasteiger partial charge on any atom is -0.350 e. The summed E-state index contributed by atoms with van der Waals surface area (Å²) >= 11 is 0. The predicted molar refractivity (Wildman–Crippen MR) is 114 cm³/mol. The number of carbonyl (C=O) groups excluding carboxylic acids is 1. The molecule has 29 heavy (non-hydrogen) atoms. The average molecular weight is 388 g/mol. The summed E-state index contributed by atoms with van der Waals surface area (Å²) in [7, 11) is 0. The fourth-order valence-corrected chi connectivity index (χ4v) is 3.89. The van der Waals surface area contributed by atoms with E-state index in [9.17, 15) is 9.59 Å². The molecule has 0 saturated heterocycles. The van der Waals surface area contributed by atoms with Crippen molar-refractivity contribution < 1.29 is 4.79 Å². The molecule has 1 atom stereocenters. The second-order valence-corrected chi connectivity index (χ2v) is 7.30. The molecule has 0 bridgehead atoms. The van der Waals surface area contributed by atoms with Crippen LogP contribution in [0.25, 0.3) is 16.6 Å². The lowest BCUT2D eigenvalue weighted by atomic mass is 10.1. The third-order valence-corrected chi connectivity index (χ3v) is 5.39. The van der Waals surface area contributed by atoms with Gasteiger partial charge in [0, 0.05) is 23.7 Å². The van der Waals surface area contributed by atoms with Gasteiger partial charge in [0.2, 0.25) is 5.91 Å². The Morgan fingerprint density at radius 2 is 1.83 bits per heavy atom. The molecule has 4 aromatic rings. The Bertz CT molecular complexity index is 1270. The summed E-state index contributed by atoms with van der Waals surface area (Å²) < 4.78 is 3.84. The molecule has 0 unspecified atom stereocenters. The van der Waals surface area contributed by atoms with Crippen molar-refractivity contribution >= 4 is 22.5 Å². The molecule has 0 spiro atoms. The highest BCUT2D eigenvalue weighted by molar-refractivity contribution is 5.94. The zero-order chi connectivity index (χ0) is 20.5. The van der Waals surface area contributed by atoms with E-state index in [0.29, 0.717) is 18.6 Å². The monoisotopic (exact) mass is 388 g/mol. The SMILES string of the molecule is CC[C@H](C(=O)NCc1ccccc1C)n1c2ccccc2c2nc(=O)cc(C)n21. The van der Waals surface area contributed by atoms with E-state index in [2.05, 4.69) is 10.3 Å². The lowest BCUT2D eigenvalue weighted by Crippen LogP contribution is -2.34. The van der Waals surface area contributed by atoms with Crippen LogP contribution >= 0.6 is 0 Å². The normalized spacial score (nSPS) is 12.4. The number of nitrogens with zero attached hydrogens (tertiary/aromatic N) is 3. The molecule has 1 amide bonds. The number of amides is 1. The number of rotatable bonds is 5. The summed E-state index contributed by atoms with van der Waals surface area (Å²) in [6.45, 7) is 6.37. The minimum atomic E-state index is -0.426. The van der Waals surface area contributed by atoms with Crippen LogP contribution in [0, 0.1) is 13.8 Å². The van der Waals surface area contributed by atoms with Gasteiger partial charge in [-0.3, -0.25) is 14.3 Å². The van der Waals surface area contributed by atoms with E-state index in [-0.39, 0.29) is 11.5 Å². The van der Waals surface area contributed by atoms with Crippen LogP contribution in [-0.2, 0) is 11.3 Å². The number of hydrogen-bond donors (Lipinski definition) is 1. The van der Waals surface area contributed by atoms with Gasteiger partial charge in [0.25, 0.3) is 5.56 Å². The molecule has 2 aromatic heterocycles. The number of aryl methyl sites for hydroxylation is 2. The Hall–Kier alpha value is -3.41. The first kappa shape index (κ1) is 18.9. The Morgan fingerprint density at radius 3 is 2.59 bits per heavy atom. The van der Waals surface area contributed by atoms with Gasteiger partial charge in [0.1, 0.15) is 6.04 Å². The van der Waals surface area contributed by atoms with Gasteiger partial charge in [-0.2, -0.15) is 4.98 Å². The summed E-state index contributed by atoms with van der Waals surface area (Å²) in [6.07, 6.45) is 0.610. The zero-order valence-electron chi connectivity index (χ0n) is 16.8. The molecular formula is C23H24N4O2. The number of fused-ring (bicyclic) bond motifs is 3. The van der Waals surface area contributed by atoms with Crippen molar-refractivity contribution in [2.75, 3.05) is 0 Å². The maximum absolute atomic E-state index is 13.2. The molecule has 1 N–H and O–H groups in total. The quantitative estimate of drug-likeness (QED) is 0.569. The van der Waals surface area contributed by atoms with Crippen LogP contribution in [0.3, 0.4) is 0 Å². The van der Waals surface area contributed by atoms with Crippen LogP contribution in [0.15, 0.2) is 59.4 Å². The fourth-order valence-electron chi connectivity index (χ4n) is 3.89. The molecule has 4 rings (SSSR count). The maximum atomic E-state index is 13.2. The predicted octanol–water partition coefficient (Wildman–Crippen LogP) is 3.53. The Labute approximate surface area is 168 Å². The van der Waals surface area contributed by atoms with Gasteiger partial charge in [-0.05, 0) is 43.5 Å². The van der Waals surface area contributed by atoms with Gasteiger partial charge >= 0.3 is 0 Å².